The van der Waals surface area contributed by atoms with Gasteiger partial charge in [0.15, 0.2) is 0 Å². The van der Waals surface area contributed by atoms with E-state index >= 15 is 0 Å². The first-order valence-electron chi connectivity index (χ1n) is 4.32. The van der Waals surface area contributed by atoms with Gasteiger partial charge in [0.05, 0.1) is 13.2 Å². The molecule has 2 N–H and O–H groups in total. The summed E-state index contributed by atoms with van der Waals surface area (Å²) in [6.07, 6.45) is 0.777. The monoisotopic (exact) mass is 180 g/mol. The van der Waals surface area contributed by atoms with Gasteiger partial charge in [0.1, 0.15) is 11.5 Å². The van der Waals surface area contributed by atoms with E-state index in [4.69, 9.17) is 9.84 Å². The van der Waals surface area contributed by atoms with Gasteiger partial charge < -0.3 is 14.9 Å². The average Bonchev–Trinajstić information content (AvgIpc) is 2.54. The highest BCUT2D eigenvalue weighted by molar-refractivity contribution is 5.53. The number of hydrogen-bond donors (Lipinski definition) is 2. The standard InChI is InChI=1S/C10H12O3/c1-6-4-9-7(2-3-13-9)8(5-11)10(6)12/h4,11-12H,2-3,5H2,1H3. The Balaban J connectivity index is 2.64. The minimum atomic E-state index is -0.126. The zero-order valence-corrected chi connectivity index (χ0v) is 7.50. The number of aliphatic hydroxyl groups excluding tert-OH is 1. The predicted molar refractivity (Wildman–Crippen MR) is 48.0 cm³/mol. The first kappa shape index (κ1) is 8.38. The number of aryl methyl sites for hydroxylation is 1. The van der Waals surface area contributed by atoms with E-state index in [0.717, 1.165) is 23.3 Å². The fraction of sp³-hybridized carbons (Fsp3) is 0.400. The van der Waals surface area contributed by atoms with Crippen LogP contribution in [0.5, 0.6) is 11.5 Å². The minimum Gasteiger partial charge on any atom is -0.507 e. The van der Waals surface area contributed by atoms with E-state index < -0.39 is 0 Å². The van der Waals surface area contributed by atoms with Gasteiger partial charge in [-0.2, -0.15) is 0 Å². The molecule has 1 aliphatic rings. The lowest BCUT2D eigenvalue weighted by Crippen LogP contribution is -1.93. The van der Waals surface area contributed by atoms with Gasteiger partial charge in [0, 0.05) is 17.5 Å². The zero-order chi connectivity index (χ0) is 9.42. The molecule has 1 aromatic carbocycles. The van der Waals surface area contributed by atoms with Crippen LogP contribution in [-0.2, 0) is 13.0 Å². The van der Waals surface area contributed by atoms with Crippen molar-refractivity contribution in [2.24, 2.45) is 0 Å². The van der Waals surface area contributed by atoms with Crippen LogP contribution in [0.4, 0.5) is 0 Å². The smallest absolute Gasteiger partial charge is 0.124 e. The SMILES string of the molecule is Cc1cc2c(c(CO)c1O)CCO2. The molecule has 0 atom stereocenters. The van der Waals surface area contributed by atoms with Crippen LogP contribution in [0.15, 0.2) is 6.07 Å². The first-order valence-corrected chi connectivity index (χ1v) is 4.32. The third kappa shape index (κ3) is 1.16. The third-order valence-electron chi connectivity index (χ3n) is 2.44. The molecular formula is C10H12O3. The number of aliphatic hydroxyl groups is 1. The Morgan fingerprint density at radius 2 is 2.31 bits per heavy atom. The maximum absolute atomic E-state index is 9.65. The molecule has 13 heavy (non-hydrogen) atoms. The van der Waals surface area contributed by atoms with Crippen LogP contribution in [0.2, 0.25) is 0 Å². The van der Waals surface area contributed by atoms with Crippen LogP contribution in [-0.4, -0.2) is 16.8 Å². The summed E-state index contributed by atoms with van der Waals surface area (Å²) in [6.45, 7) is 2.32. The van der Waals surface area contributed by atoms with Gasteiger partial charge >= 0.3 is 0 Å². The Morgan fingerprint density at radius 3 is 3.00 bits per heavy atom. The maximum atomic E-state index is 9.65. The molecule has 0 saturated carbocycles. The van der Waals surface area contributed by atoms with Crippen molar-refractivity contribution >= 4 is 0 Å². The lowest BCUT2D eigenvalue weighted by molar-refractivity contribution is 0.274. The molecule has 0 radical (unpaired) electrons. The maximum Gasteiger partial charge on any atom is 0.124 e. The summed E-state index contributed by atoms with van der Waals surface area (Å²) >= 11 is 0. The molecule has 0 amide bonds. The third-order valence-corrected chi connectivity index (χ3v) is 2.44. The second-order valence-corrected chi connectivity index (χ2v) is 3.25. The number of benzene rings is 1. The Labute approximate surface area is 76.6 Å². The van der Waals surface area contributed by atoms with Gasteiger partial charge in [-0.15, -0.1) is 0 Å². The predicted octanol–water partition coefficient (Wildman–Crippen LogP) is 1.13. The molecule has 70 valence electrons. The summed E-state index contributed by atoms with van der Waals surface area (Å²) < 4.78 is 5.35. The Hall–Kier alpha value is -1.22. The van der Waals surface area contributed by atoms with Gasteiger partial charge in [0.25, 0.3) is 0 Å². The van der Waals surface area contributed by atoms with Crippen LogP contribution in [0.1, 0.15) is 16.7 Å². The number of aromatic hydroxyl groups is 1. The van der Waals surface area contributed by atoms with E-state index in [1.54, 1.807) is 6.92 Å². The summed E-state index contributed by atoms with van der Waals surface area (Å²) in [7, 11) is 0. The largest absolute Gasteiger partial charge is 0.507 e. The van der Waals surface area contributed by atoms with Gasteiger partial charge in [-0.25, -0.2) is 0 Å². The lowest BCUT2D eigenvalue weighted by Gasteiger charge is -2.09. The molecule has 1 aromatic rings. The number of phenols is 1. The molecule has 0 fully saturated rings. The Kier molecular flexibility index (Phi) is 1.88. The highest BCUT2D eigenvalue weighted by Crippen LogP contribution is 2.36. The Bertz CT molecular complexity index is 345. The van der Waals surface area contributed by atoms with Crippen molar-refractivity contribution in [3.05, 3.63) is 22.8 Å². The van der Waals surface area contributed by atoms with Crippen LogP contribution < -0.4 is 4.74 Å². The fourth-order valence-corrected chi connectivity index (χ4v) is 1.72. The van der Waals surface area contributed by atoms with E-state index in [0.29, 0.717) is 12.2 Å². The molecule has 1 aliphatic heterocycles. The molecule has 3 nitrogen and oxygen atoms in total. The highest BCUT2D eigenvalue weighted by atomic mass is 16.5. The topological polar surface area (TPSA) is 49.7 Å². The van der Waals surface area contributed by atoms with Gasteiger partial charge in [-0.3, -0.25) is 0 Å². The first-order chi connectivity index (χ1) is 6.24. The highest BCUT2D eigenvalue weighted by Gasteiger charge is 2.20. The van der Waals surface area contributed by atoms with E-state index in [9.17, 15) is 5.11 Å². The molecule has 0 spiro atoms. The van der Waals surface area contributed by atoms with Crippen molar-refractivity contribution in [3.63, 3.8) is 0 Å². The van der Waals surface area contributed by atoms with Gasteiger partial charge in [-0.05, 0) is 18.6 Å². The van der Waals surface area contributed by atoms with Crippen molar-refractivity contribution in [1.82, 2.24) is 0 Å². The summed E-state index contributed by atoms with van der Waals surface area (Å²) in [5.41, 5.74) is 2.32. The van der Waals surface area contributed by atoms with E-state index in [1.165, 1.54) is 0 Å². The number of ether oxygens (including phenoxy) is 1. The normalized spacial score (nSPS) is 14.0. The van der Waals surface area contributed by atoms with Crippen molar-refractivity contribution in [2.45, 2.75) is 20.0 Å². The van der Waals surface area contributed by atoms with Crippen LogP contribution >= 0.6 is 0 Å². The van der Waals surface area contributed by atoms with E-state index in [1.807, 2.05) is 6.07 Å². The van der Waals surface area contributed by atoms with Gasteiger partial charge in [0.2, 0.25) is 0 Å². The molecule has 1 heterocycles. The number of hydrogen-bond acceptors (Lipinski definition) is 3. The molecule has 0 aliphatic carbocycles. The molecular weight excluding hydrogens is 168 g/mol. The second kappa shape index (κ2) is 2.92. The summed E-state index contributed by atoms with van der Waals surface area (Å²) in [6, 6.07) is 1.82. The molecule has 0 bridgehead atoms. The molecule has 0 aromatic heterocycles. The van der Waals surface area contributed by atoms with Crippen molar-refractivity contribution in [1.29, 1.82) is 0 Å². The van der Waals surface area contributed by atoms with Crippen LogP contribution in [0.25, 0.3) is 0 Å². The molecule has 2 rings (SSSR count). The van der Waals surface area contributed by atoms with Crippen molar-refractivity contribution in [3.8, 4) is 11.5 Å². The second-order valence-electron chi connectivity index (χ2n) is 3.25. The fourth-order valence-electron chi connectivity index (χ4n) is 1.72. The van der Waals surface area contributed by atoms with Gasteiger partial charge in [-0.1, -0.05) is 0 Å². The van der Waals surface area contributed by atoms with Crippen molar-refractivity contribution < 1.29 is 14.9 Å². The molecule has 0 saturated heterocycles. The van der Waals surface area contributed by atoms with Crippen LogP contribution in [0, 0.1) is 6.92 Å². The zero-order valence-electron chi connectivity index (χ0n) is 7.50. The summed E-state index contributed by atoms with van der Waals surface area (Å²) in [5, 5.41) is 18.7. The number of fused-ring (bicyclic) bond motifs is 1. The summed E-state index contributed by atoms with van der Waals surface area (Å²) in [4.78, 5) is 0. The quantitative estimate of drug-likeness (QED) is 0.681. The number of rotatable bonds is 1. The average molecular weight is 180 g/mol. The molecule has 0 unspecified atom stereocenters. The Morgan fingerprint density at radius 1 is 1.54 bits per heavy atom. The van der Waals surface area contributed by atoms with E-state index in [2.05, 4.69) is 0 Å². The lowest BCUT2D eigenvalue weighted by atomic mass is 10.0. The minimum absolute atomic E-state index is 0.126. The van der Waals surface area contributed by atoms with E-state index in [-0.39, 0.29) is 12.4 Å². The van der Waals surface area contributed by atoms with Crippen LogP contribution in [0.3, 0.4) is 0 Å². The summed E-state index contributed by atoms with van der Waals surface area (Å²) in [5.74, 6) is 1.01. The molecule has 3 heteroatoms. The van der Waals surface area contributed by atoms with Crippen molar-refractivity contribution in [2.75, 3.05) is 6.61 Å².